The van der Waals surface area contributed by atoms with E-state index in [9.17, 15) is 49.8 Å². The molecule has 1 atom stereocenters. The zero-order chi connectivity index (χ0) is 28.2. The molecule has 16 nitrogen and oxygen atoms in total. The fourth-order valence-corrected chi connectivity index (χ4v) is 2.67. The van der Waals surface area contributed by atoms with Crippen molar-refractivity contribution in [3.05, 3.63) is 0 Å². The first-order valence-corrected chi connectivity index (χ1v) is 11.0. The second-order valence-corrected chi connectivity index (χ2v) is 8.04. The number of hydrogen-bond donors (Lipinski definition) is 11. The smallest absolute Gasteiger partial charge is 0.234 e. The molecule has 0 radical (unpaired) electrons. The van der Waals surface area contributed by atoms with Gasteiger partial charge in [-0.25, -0.2) is 0 Å². The summed E-state index contributed by atoms with van der Waals surface area (Å²) < 4.78 is 0. The zero-order valence-corrected chi connectivity index (χ0v) is 20.4. The van der Waals surface area contributed by atoms with E-state index in [0.29, 0.717) is 19.1 Å². The molecule has 0 fully saturated rings. The van der Waals surface area contributed by atoms with E-state index in [1.807, 2.05) is 0 Å². The third-order valence-electron chi connectivity index (χ3n) is 4.94. The molecule has 0 aliphatic heterocycles. The number of aliphatic hydroxyl groups is 7. The molecule has 0 aliphatic carbocycles. The Morgan fingerprint density at radius 1 is 0.778 bits per heavy atom. The van der Waals surface area contributed by atoms with Crippen LogP contribution in [0.2, 0.25) is 0 Å². The lowest BCUT2D eigenvalue weighted by molar-refractivity contribution is -0.131. The summed E-state index contributed by atoms with van der Waals surface area (Å²) >= 11 is 0. The van der Waals surface area contributed by atoms with Gasteiger partial charge in [0.1, 0.15) is 17.4 Å². The lowest BCUT2D eigenvalue weighted by atomic mass is 10.0. The number of amides is 3. The molecule has 36 heavy (non-hydrogen) atoms. The number of rotatable bonds is 19. The highest BCUT2D eigenvalue weighted by Crippen LogP contribution is 2.04. The number of hydrogen-bond acceptors (Lipinski definition) is 13. The molecule has 3 amide bonds. The van der Waals surface area contributed by atoms with E-state index >= 15 is 0 Å². The minimum absolute atomic E-state index is 0.178. The maximum absolute atomic E-state index is 12.4. The van der Waals surface area contributed by atoms with Crippen molar-refractivity contribution in [2.75, 3.05) is 72.9 Å². The van der Waals surface area contributed by atoms with Crippen LogP contribution in [-0.4, -0.2) is 155 Å². The van der Waals surface area contributed by atoms with Crippen molar-refractivity contribution >= 4 is 24.0 Å². The predicted molar refractivity (Wildman–Crippen MR) is 125 cm³/mol. The summed E-state index contributed by atoms with van der Waals surface area (Å²) in [7, 11) is 1.00. The van der Waals surface area contributed by atoms with E-state index in [2.05, 4.69) is 16.0 Å². The van der Waals surface area contributed by atoms with Gasteiger partial charge in [0.05, 0.1) is 65.3 Å². The largest absolute Gasteiger partial charge is 0.400 e. The van der Waals surface area contributed by atoms with Gasteiger partial charge in [0.25, 0.3) is 0 Å². The Bertz CT molecular complexity index is 593. The Balaban J connectivity index is 0. The highest BCUT2D eigenvalue weighted by atomic mass is 16.3. The fraction of sp³-hybridized carbons (Fsp3) is 0.800. The predicted octanol–water partition coefficient (Wildman–Crippen LogP) is -7.02. The van der Waals surface area contributed by atoms with Gasteiger partial charge >= 0.3 is 0 Å². The first-order valence-electron chi connectivity index (χ1n) is 11.0. The van der Waals surface area contributed by atoms with E-state index in [-0.39, 0.29) is 6.54 Å². The summed E-state index contributed by atoms with van der Waals surface area (Å²) in [5, 5.41) is 70.2. The SMILES string of the molecule is CO.NC(C=O)CCCNC(=O)CN(CC(=O)NC(CO)(CO)CO)CC(=O)NC(CO)(CO)CO. The van der Waals surface area contributed by atoms with E-state index < -0.39 is 94.1 Å². The lowest BCUT2D eigenvalue weighted by Gasteiger charge is -2.31. The summed E-state index contributed by atoms with van der Waals surface area (Å²) in [6, 6.07) is -0.657. The molecule has 16 heteroatoms. The van der Waals surface area contributed by atoms with Crippen molar-refractivity contribution in [3.8, 4) is 0 Å². The third kappa shape index (κ3) is 13.7. The Morgan fingerprint density at radius 3 is 1.47 bits per heavy atom. The van der Waals surface area contributed by atoms with Crippen molar-refractivity contribution in [1.82, 2.24) is 20.9 Å². The summed E-state index contributed by atoms with van der Waals surface area (Å²) in [5.41, 5.74) is 2.03. The van der Waals surface area contributed by atoms with Crippen LogP contribution in [0.1, 0.15) is 12.8 Å². The maximum Gasteiger partial charge on any atom is 0.234 e. The molecule has 1 unspecified atom stereocenters. The number of aliphatic hydroxyl groups excluding tert-OH is 7. The van der Waals surface area contributed by atoms with Gasteiger partial charge in [0.2, 0.25) is 17.7 Å². The van der Waals surface area contributed by atoms with Gasteiger partial charge in [-0.2, -0.15) is 0 Å². The zero-order valence-electron chi connectivity index (χ0n) is 20.4. The van der Waals surface area contributed by atoms with Gasteiger partial charge in [-0.3, -0.25) is 19.3 Å². The molecular formula is C20H41N5O11. The molecule has 0 heterocycles. The Morgan fingerprint density at radius 2 is 1.14 bits per heavy atom. The van der Waals surface area contributed by atoms with Crippen LogP contribution in [0.25, 0.3) is 0 Å². The molecule has 212 valence electrons. The van der Waals surface area contributed by atoms with Gasteiger partial charge in [-0.1, -0.05) is 0 Å². The van der Waals surface area contributed by atoms with E-state index in [1.165, 1.54) is 0 Å². The molecule has 0 spiro atoms. The van der Waals surface area contributed by atoms with Crippen molar-refractivity contribution < 1.29 is 54.9 Å². The van der Waals surface area contributed by atoms with Gasteiger partial charge in [-0.05, 0) is 12.8 Å². The molecule has 0 aromatic heterocycles. The topological polar surface area (TPSA) is 275 Å². The first kappa shape index (κ1) is 35.9. The standard InChI is InChI=1S/C19H37N5O10.CH4O/c20-14(7-25)2-1-3-21-15(32)4-24(5-16(33)22-18(8-26,9-27)10-28)6-17(34)23-19(11-29,12-30)13-31;1-2/h7,14,26-31H,1-6,8-13,20H2,(H,21,32)(H,22,33)(H,23,34);2H,1H3. The number of nitrogens with one attached hydrogen (secondary N) is 3. The second-order valence-electron chi connectivity index (χ2n) is 8.04. The van der Waals surface area contributed by atoms with Crippen LogP contribution in [0.5, 0.6) is 0 Å². The molecule has 12 N–H and O–H groups in total. The van der Waals surface area contributed by atoms with E-state index in [4.69, 9.17) is 10.8 Å². The molecule has 0 saturated carbocycles. The number of nitrogens with two attached hydrogens (primary N) is 1. The van der Waals surface area contributed by atoms with Gasteiger partial charge in [0, 0.05) is 13.7 Å². The summed E-state index contributed by atoms with van der Waals surface area (Å²) in [6.07, 6.45) is 1.33. The Hall–Kier alpha value is -2.28. The quantitative estimate of drug-likeness (QED) is 0.0551. The summed E-state index contributed by atoms with van der Waals surface area (Å²) in [4.78, 5) is 48.7. The monoisotopic (exact) mass is 527 g/mol. The number of carbonyl (C=O) groups excluding carboxylic acids is 4. The van der Waals surface area contributed by atoms with Crippen LogP contribution in [0.4, 0.5) is 0 Å². The Labute approximate surface area is 209 Å². The molecule has 0 aromatic rings. The maximum atomic E-state index is 12.4. The summed E-state index contributed by atoms with van der Waals surface area (Å²) in [6.45, 7) is -6.06. The third-order valence-corrected chi connectivity index (χ3v) is 4.94. The van der Waals surface area contributed by atoms with Crippen LogP contribution in [0.3, 0.4) is 0 Å². The highest BCUT2D eigenvalue weighted by Gasteiger charge is 2.33. The van der Waals surface area contributed by atoms with Crippen LogP contribution in [0.15, 0.2) is 0 Å². The minimum Gasteiger partial charge on any atom is -0.400 e. The molecule has 0 bridgehead atoms. The fourth-order valence-electron chi connectivity index (χ4n) is 2.67. The minimum atomic E-state index is -1.72. The van der Waals surface area contributed by atoms with Crippen LogP contribution < -0.4 is 21.7 Å². The van der Waals surface area contributed by atoms with Gasteiger partial charge < -0.3 is 62.2 Å². The number of aldehydes is 1. The second kappa shape index (κ2) is 19.9. The average molecular weight is 528 g/mol. The van der Waals surface area contributed by atoms with E-state index in [1.54, 1.807) is 0 Å². The van der Waals surface area contributed by atoms with Gasteiger partial charge in [0.15, 0.2) is 0 Å². The van der Waals surface area contributed by atoms with Crippen molar-refractivity contribution in [1.29, 1.82) is 0 Å². The van der Waals surface area contributed by atoms with Crippen LogP contribution in [-0.2, 0) is 19.2 Å². The normalized spacial score (nSPS) is 12.3. The highest BCUT2D eigenvalue weighted by molar-refractivity contribution is 5.84. The lowest BCUT2D eigenvalue weighted by Crippen LogP contribution is -2.61. The van der Waals surface area contributed by atoms with Gasteiger partial charge in [-0.15, -0.1) is 0 Å². The van der Waals surface area contributed by atoms with E-state index in [0.717, 1.165) is 12.0 Å². The van der Waals surface area contributed by atoms with Crippen LogP contribution in [0, 0.1) is 0 Å². The Kier molecular flexibility index (Phi) is 19.8. The molecular weight excluding hydrogens is 486 g/mol. The number of carbonyl (C=O) groups is 4. The van der Waals surface area contributed by atoms with Crippen LogP contribution >= 0.6 is 0 Å². The summed E-state index contributed by atoms with van der Waals surface area (Å²) in [5.74, 6) is -2.23. The molecule has 0 saturated heterocycles. The molecule has 0 rings (SSSR count). The van der Waals surface area contributed by atoms with Crippen molar-refractivity contribution in [2.45, 2.75) is 30.0 Å². The van der Waals surface area contributed by atoms with Crippen molar-refractivity contribution in [3.63, 3.8) is 0 Å². The molecule has 0 aliphatic rings. The van der Waals surface area contributed by atoms with Crippen molar-refractivity contribution in [2.24, 2.45) is 5.73 Å². The first-order chi connectivity index (χ1) is 17.1. The average Bonchev–Trinajstić information content (AvgIpc) is 2.89. The molecule has 0 aromatic carbocycles. The number of nitrogens with zero attached hydrogens (tertiary/aromatic N) is 1.